The van der Waals surface area contributed by atoms with Gasteiger partial charge in [-0.05, 0) is 31.2 Å². The van der Waals surface area contributed by atoms with Crippen molar-refractivity contribution in [2.75, 3.05) is 18.4 Å². The maximum atomic E-state index is 12.0. The number of urea groups is 1. The summed E-state index contributed by atoms with van der Waals surface area (Å²) in [5.74, 6) is -0.837. The molecule has 1 atom stereocenters. The first-order chi connectivity index (χ1) is 8.51. The van der Waals surface area contributed by atoms with E-state index in [-0.39, 0.29) is 12.6 Å². The zero-order valence-corrected chi connectivity index (χ0v) is 11.0. The molecule has 1 aliphatic rings. The molecule has 2 N–H and O–H groups in total. The Morgan fingerprint density at radius 1 is 1.56 bits per heavy atom. The van der Waals surface area contributed by atoms with Crippen LogP contribution in [0.2, 0.25) is 0 Å². The van der Waals surface area contributed by atoms with Gasteiger partial charge in [0.15, 0.2) is 0 Å². The highest BCUT2D eigenvalue weighted by atomic mass is 32.1. The average Bonchev–Trinajstić information content (AvgIpc) is 2.81. The molecule has 2 amide bonds. The third kappa shape index (κ3) is 2.64. The van der Waals surface area contributed by atoms with Crippen molar-refractivity contribution < 1.29 is 14.7 Å². The number of rotatable bonds is 2. The molecule has 1 fully saturated rings. The van der Waals surface area contributed by atoms with Gasteiger partial charge in [-0.15, -0.1) is 0 Å². The van der Waals surface area contributed by atoms with Crippen LogP contribution in [0.1, 0.15) is 19.8 Å². The van der Waals surface area contributed by atoms with Gasteiger partial charge in [0, 0.05) is 18.5 Å². The van der Waals surface area contributed by atoms with E-state index in [9.17, 15) is 14.7 Å². The standard InChI is InChI=1S/C12H16N2O3S/c1-12(10(15)16)4-2-5-14(8-12)11(17)13-9-3-6-18-7-9/h3,6-7H,2,4-5,8H2,1H3,(H,13,17)(H,15,16). The van der Waals surface area contributed by atoms with E-state index in [2.05, 4.69) is 5.32 Å². The Bertz CT molecular complexity index is 446. The predicted molar refractivity (Wildman–Crippen MR) is 69.9 cm³/mol. The summed E-state index contributed by atoms with van der Waals surface area (Å²) < 4.78 is 0. The zero-order chi connectivity index (χ0) is 13.2. The minimum absolute atomic E-state index is 0.222. The normalized spacial score (nSPS) is 23.7. The van der Waals surface area contributed by atoms with Crippen LogP contribution in [-0.4, -0.2) is 35.1 Å². The van der Waals surface area contributed by atoms with Crippen LogP contribution in [0, 0.1) is 5.41 Å². The van der Waals surface area contributed by atoms with Crippen molar-refractivity contribution in [1.29, 1.82) is 0 Å². The highest BCUT2D eigenvalue weighted by molar-refractivity contribution is 7.08. The highest BCUT2D eigenvalue weighted by Crippen LogP contribution is 2.30. The molecule has 1 aliphatic heterocycles. The molecule has 0 saturated carbocycles. The number of piperidine rings is 1. The lowest BCUT2D eigenvalue weighted by molar-refractivity contribution is -0.150. The van der Waals surface area contributed by atoms with Gasteiger partial charge < -0.3 is 15.3 Å². The maximum absolute atomic E-state index is 12.0. The number of thiophene rings is 1. The minimum Gasteiger partial charge on any atom is -0.481 e. The van der Waals surface area contributed by atoms with Gasteiger partial charge in [0.1, 0.15) is 0 Å². The van der Waals surface area contributed by atoms with E-state index in [0.717, 1.165) is 12.1 Å². The Morgan fingerprint density at radius 3 is 2.94 bits per heavy atom. The largest absolute Gasteiger partial charge is 0.481 e. The SMILES string of the molecule is CC1(C(=O)O)CCCN(C(=O)Nc2ccsc2)C1. The predicted octanol–water partition coefficient (Wildman–Crippen LogP) is 2.47. The van der Waals surface area contributed by atoms with Crippen molar-refractivity contribution >= 4 is 29.0 Å². The van der Waals surface area contributed by atoms with Gasteiger partial charge in [-0.1, -0.05) is 0 Å². The van der Waals surface area contributed by atoms with Crippen molar-refractivity contribution in [3.8, 4) is 0 Å². The molecule has 2 rings (SSSR count). The van der Waals surface area contributed by atoms with Crippen LogP contribution in [0.4, 0.5) is 10.5 Å². The molecule has 0 radical (unpaired) electrons. The number of nitrogens with one attached hydrogen (secondary N) is 1. The number of hydrogen-bond acceptors (Lipinski definition) is 3. The van der Waals surface area contributed by atoms with Crippen molar-refractivity contribution in [3.63, 3.8) is 0 Å². The number of carbonyl (C=O) groups is 2. The molecule has 1 saturated heterocycles. The van der Waals surface area contributed by atoms with Crippen molar-refractivity contribution in [2.45, 2.75) is 19.8 Å². The monoisotopic (exact) mass is 268 g/mol. The van der Waals surface area contributed by atoms with Crippen molar-refractivity contribution in [2.24, 2.45) is 5.41 Å². The number of amides is 2. The number of anilines is 1. The zero-order valence-electron chi connectivity index (χ0n) is 10.2. The molecule has 6 heteroatoms. The summed E-state index contributed by atoms with van der Waals surface area (Å²) in [7, 11) is 0. The second kappa shape index (κ2) is 4.97. The summed E-state index contributed by atoms with van der Waals surface area (Å²) in [6, 6.07) is 1.60. The summed E-state index contributed by atoms with van der Waals surface area (Å²) in [5, 5.41) is 15.7. The second-order valence-electron chi connectivity index (χ2n) is 4.83. The first kappa shape index (κ1) is 12.9. The Hall–Kier alpha value is -1.56. The molecule has 2 heterocycles. The molecule has 0 aliphatic carbocycles. The third-order valence-corrected chi connectivity index (χ3v) is 3.96. The van der Waals surface area contributed by atoms with Crippen LogP contribution in [-0.2, 0) is 4.79 Å². The molecule has 5 nitrogen and oxygen atoms in total. The van der Waals surface area contributed by atoms with E-state index in [1.54, 1.807) is 11.8 Å². The van der Waals surface area contributed by atoms with Crippen LogP contribution < -0.4 is 5.32 Å². The fourth-order valence-corrected chi connectivity index (χ4v) is 2.71. The van der Waals surface area contributed by atoms with Crippen LogP contribution >= 0.6 is 11.3 Å². The van der Waals surface area contributed by atoms with Crippen molar-refractivity contribution in [1.82, 2.24) is 4.90 Å². The average molecular weight is 268 g/mol. The van der Waals surface area contributed by atoms with Gasteiger partial charge in [-0.2, -0.15) is 11.3 Å². The van der Waals surface area contributed by atoms with Gasteiger partial charge in [0.25, 0.3) is 0 Å². The first-order valence-electron chi connectivity index (χ1n) is 5.83. The van der Waals surface area contributed by atoms with E-state index in [4.69, 9.17) is 0 Å². The molecule has 0 bridgehead atoms. The molecule has 98 valence electrons. The van der Waals surface area contributed by atoms with Crippen LogP contribution in [0.15, 0.2) is 16.8 Å². The molecule has 0 spiro atoms. The number of aliphatic carboxylic acids is 1. The summed E-state index contributed by atoms with van der Waals surface area (Å²) in [6.07, 6.45) is 1.34. The van der Waals surface area contributed by atoms with E-state index >= 15 is 0 Å². The Kier molecular flexibility index (Phi) is 3.56. The molecule has 1 aromatic rings. The summed E-state index contributed by atoms with van der Waals surface area (Å²) in [4.78, 5) is 24.8. The van der Waals surface area contributed by atoms with Gasteiger partial charge in [0.2, 0.25) is 0 Å². The highest BCUT2D eigenvalue weighted by Gasteiger charge is 2.39. The Morgan fingerprint density at radius 2 is 2.33 bits per heavy atom. The van der Waals surface area contributed by atoms with Gasteiger partial charge >= 0.3 is 12.0 Å². The lowest BCUT2D eigenvalue weighted by atomic mass is 9.82. The van der Waals surface area contributed by atoms with E-state index < -0.39 is 11.4 Å². The minimum atomic E-state index is -0.837. The van der Waals surface area contributed by atoms with Crippen LogP contribution in [0.3, 0.4) is 0 Å². The van der Waals surface area contributed by atoms with E-state index in [1.807, 2.05) is 16.8 Å². The smallest absolute Gasteiger partial charge is 0.321 e. The van der Waals surface area contributed by atoms with Gasteiger partial charge in [-0.25, -0.2) is 4.79 Å². The number of carboxylic acids is 1. The molecule has 1 aromatic heterocycles. The Labute approximate surface area is 109 Å². The van der Waals surface area contributed by atoms with Crippen molar-refractivity contribution in [3.05, 3.63) is 16.8 Å². The lowest BCUT2D eigenvalue weighted by Gasteiger charge is -2.37. The molecular weight excluding hydrogens is 252 g/mol. The summed E-state index contributed by atoms with van der Waals surface area (Å²) >= 11 is 1.51. The number of carbonyl (C=O) groups excluding carboxylic acids is 1. The lowest BCUT2D eigenvalue weighted by Crippen LogP contribution is -2.49. The topological polar surface area (TPSA) is 69.6 Å². The Balaban J connectivity index is 2.00. The summed E-state index contributed by atoms with van der Waals surface area (Å²) in [5.41, 5.74) is -0.0721. The quantitative estimate of drug-likeness (QED) is 0.865. The fraction of sp³-hybridized carbons (Fsp3) is 0.500. The summed E-state index contributed by atoms with van der Waals surface area (Å²) in [6.45, 7) is 2.57. The molecule has 1 unspecified atom stereocenters. The number of nitrogens with zero attached hydrogens (tertiary/aromatic N) is 1. The molecule has 18 heavy (non-hydrogen) atoms. The van der Waals surface area contributed by atoms with Gasteiger partial charge in [0.05, 0.1) is 11.1 Å². The number of carboxylic acid groups (broad SMARTS) is 1. The number of likely N-dealkylation sites (tertiary alicyclic amines) is 1. The fourth-order valence-electron chi connectivity index (χ4n) is 2.13. The van der Waals surface area contributed by atoms with Gasteiger partial charge in [-0.3, -0.25) is 4.79 Å². The molecular formula is C12H16N2O3S. The number of hydrogen-bond donors (Lipinski definition) is 2. The van der Waals surface area contributed by atoms with Crippen LogP contribution in [0.5, 0.6) is 0 Å². The third-order valence-electron chi connectivity index (χ3n) is 3.27. The first-order valence-corrected chi connectivity index (χ1v) is 6.77. The van der Waals surface area contributed by atoms with E-state index in [1.165, 1.54) is 11.3 Å². The second-order valence-corrected chi connectivity index (χ2v) is 5.61. The van der Waals surface area contributed by atoms with Crippen LogP contribution in [0.25, 0.3) is 0 Å². The molecule has 0 aromatic carbocycles. The van der Waals surface area contributed by atoms with E-state index in [0.29, 0.717) is 13.0 Å². The maximum Gasteiger partial charge on any atom is 0.321 e.